The Labute approximate surface area is 176 Å². The SMILES string of the molecule is COC(=O)c1ccc(C=C2SC(=S)N(CC(=O)NCCc3cnc[nH]3)C2=O)cc1. The molecule has 0 spiro atoms. The van der Waals surface area contributed by atoms with Gasteiger partial charge in [-0.3, -0.25) is 14.5 Å². The van der Waals surface area contributed by atoms with Crippen LogP contribution in [0.1, 0.15) is 21.6 Å². The zero-order valence-corrected chi connectivity index (χ0v) is 17.1. The van der Waals surface area contributed by atoms with E-state index in [0.29, 0.717) is 27.8 Å². The molecule has 1 aromatic heterocycles. The quantitative estimate of drug-likeness (QED) is 0.392. The third-order valence-corrected chi connectivity index (χ3v) is 5.45. The van der Waals surface area contributed by atoms with Gasteiger partial charge < -0.3 is 15.0 Å². The highest BCUT2D eigenvalue weighted by molar-refractivity contribution is 8.26. The Morgan fingerprint density at radius 2 is 2.10 bits per heavy atom. The number of esters is 1. The lowest BCUT2D eigenvalue weighted by molar-refractivity contribution is -0.128. The highest BCUT2D eigenvalue weighted by Crippen LogP contribution is 2.32. The van der Waals surface area contributed by atoms with Gasteiger partial charge in [0.2, 0.25) is 5.91 Å². The number of hydrogen-bond acceptors (Lipinski definition) is 7. The lowest BCUT2D eigenvalue weighted by Crippen LogP contribution is -2.40. The summed E-state index contributed by atoms with van der Waals surface area (Å²) in [4.78, 5) is 44.8. The molecule has 29 heavy (non-hydrogen) atoms. The van der Waals surface area contributed by atoms with Gasteiger partial charge in [-0.1, -0.05) is 36.1 Å². The number of thiocarbonyl (C=S) groups is 1. The Morgan fingerprint density at radius 3 is 2.76 bits per heavy atom. The number of hydrogen-bond donors (Lipinski definition) is 2. The van der Waals surface area contributed by atoms with Crippen molar-refractivity contribution in [1.82, 2.24) is 20.2 Å². The fourth-order valence-corrected chi connectivity index (χ4v) is 3.83. The van der Waals surface area contributed by atoms with Crippen LogP contribution in [0.3, 0.4) is 0 Å². The zero-order valence-electron chi connectivity index (χ0n) is 15.5. The van der Waals surface area contributed by atoms with Gasteiger partial charge in [-0.05, 0) is 23.8 Å². The number of rotatable bonds is 7. The lowest BCUT2D eigenvalue weighted by atomic mass is 10.1. The first kappa shape index (κ1) is 20.7. The average Bonchev–Trinajstić information content (AvgIpc) is 3.32. The maximum Gasteiger partial charge on any atom is 0.337 e. The number of H-pyrrole nitrogens is 1. The van der Waals surface area contributed by atoms with Crippen LogP contribution in [0.2, 0.25) is 0 Å². The van der Waals surface area contributed by atoms with Crippen LogP contribution in [0.4, 0.5) is 0 Å². The fourth-order valence-electron chi connectivity index (χ4n) is 2.58. The van der Waals surface area contributed by atoms with Crippen LogP contribution in [0.15, 0.2) is 41.7 Å². The Bertz CT molecular complexity index is 955. The molecule has 1 saturated heterocycles. The summed E-state index contributed by atoms with van der Waals surface area (Å²) in [5, 5.41) is 2.76. The van der Waals surface area contributed by atoms with Crippen LogP contribution in [0.5, 0.6) is 0 Å². The van der Waals surface area contributed by atoms with Gasteiger partial charge in [0.25, 0.3) is 5.91 Å². The molecule has 1 fully saturated rings. The maximum atomic E-state index is 12.6. The fraction of sp³-hybridized carbons (Fsp3) is 0.211. The minimum absolute atomic E-state index is 0.133. The average molecular weight is 431 g/mol. The number of nitrogens with zero attached hydrogens (tertiary/aromatic N) is 2. The number of nitrogens with one attached hydrogen (secondary N) is 2. The van der Waals surface area contributed by atoms with Gasteiger partial charge in [-0.15, -0.1) is 0 Å². The monoisotopic (exact) mass is 430 g/mol. The standard InChI is InChI=1S/C19H18N4O4S2/c1-27-18(26)13-4-2-12(3-5-13)8-15-17(25)23(19(28)29-15)10-16(24)21-7-6-14-9-20-11-22-14/h2-5,8-9,11H,6-7,10H2,1H3,(H,20,22)(H,21,24). The molecular weight excluding hydrogens is 412 g/mol. The minimum Gasteiger partial charge on any atom is -0.465 e. The summed E-state index contributed by atoms with van der Waals surface area (Å²) >= 11 is 6.39. The molecule has 150 valence electrons. The Kier molecular flexibility index (Phi) is 6.78. The number of methoxy groups -OCH3 is 1. The smallest absolute Gasteiger partial charge is 0.337 e. The van der Waals surface area contributed by atoms with Crippen molar-refractivity contribution >= 4 is 52.2 Å². The molecule has 0 saturated carbocycles. The van der Waals surface area contributed by atoms with E-state index in [1.165, 1.54) is 12.0 Å². The summed E-state index contributed by atoms with van der Waals surface area (Å²) in [5.74, 6) is -1.04. The number of carbonyl (C=O) groups excluding carboxylic acids is 3. The molecule has 0 radical (unpaired) electrons. The van der Waals surface area contributed by atoms with E-state index in [1.54, 1.807) is 42.9 Å². The zero-order chi connectivity index (χ0) is 20.8. The van der Waals surface area contributed by atoms with Gasteiger partial charge in [0.1, 0.15) is 10.9 Å². The van der Waals surface area contributed by atoms with E-state index in [1.807, 2.05) is 0 Å². The molecule has 2 aromatic rings. The molecule has 1 aliphatic heterocycles. The number of thioether (sulfide) groups is 1. The van der Waals surface area contributed by atoms with Crippen molar-refractivity contribution in [3.8, 4) is 0 Å². The van der Waals surface area contributed by atoms with Crippen molar-refractivity contribution in [3.63, 3.8) is 0 Å². The van der Waals surface area contributed by atoms with Crippen molar-refractivity contribution in [1.29, 1.82) is 0 Å². The molecule has 0 atom stereocenters. The topological polar surface area (TPSA) is 104 Å². The van der Waals surface area contributed by atoms with E-state index in [0.717, 1.165) is 23.0 Å². The second kappa shape index (κ2) is 9.48. The van der Waals surface area contributed by atoms with Crippen molar-refractivity contribution in [2.75, 3.05) is 20.2 Å². The minimum atomic E-state index is -0.429. The summed E-state index contributed by atoms with van der Waals surface area (Å²) in [6.07, 6.45) is 5.56. The summed E-state index contributed by atoms with van der Waals surface area (Å²) in [5.41, 5.74) is 2.07. The molecule has 3 rings (SSSR count). The van der Waals surface area contributed by atoms with E-state index in [-0.39, 0.29) is 18.4 Å². The van der Waals surface area contributed by atoms with Crippen LogP contribution >= 0.6 is 24.0 Å². The highest BCUT2D eigenvalue weighted by atomic mass is 32.2. The molecule has 0 unspecified atom stereocenters. The van der Waals surface area contributed by atoms with E-state index in [2.05, 4.69) is 20.0 Å². The first-order valence-corrected chi connectivity index (χ1v) is 9.88. The van der Waals surface area contributed by atoms with Crippen LogP contribution in [0, 0.1) is 0 Å². The van der Waals surface area contributed by atoms with Crippen molar-refractivity contribution < 1.29 is 19.1 Å². The van der Waals surface area contributed by atoms with E-state index in [9.17, 15) is 14.4 Å². The number of ether oxygens (including phenoxy) is 1. The van der Waals surface area contributed by atoms with Gasteiger partial charge in [0.15, 0.2) is 0 Å². The summed E-state index contributed by atoms with van der Waals surface area (Å²) in [7, 11) is 1.31. The Balaban J connectivity index is 1.57. The number of benzene rings is 1. The molecule has 1 aliphatic rings. The van der Waals surface area contributed by atoms with Gasteiger partial charge in [-0.25, -0.2) is 9.78 Å². The maximum absolute atomic E-state index is 12.6. The summed E-state index contributed by atoms with van der Waals surface area (Å²) < 4.78 is 4.99. The summed E-state index contributed by atoms with van der Waals surface area (Å²) in [6, 6.07) is 6.65. The molecular formula is C19H18N4O4S2. The van der Waals surface area contributed by atoms with Crippen LogP contribution in [-0.2, 0) is 20.7 Å². The first-order chi connectivity index (χ1) is 14.0. The van der Waals surface area contributed by atoms with Crippen LogP contribution < -0.4 is 5.32 Å². The number of amides is 2. The third kappa shape index (κ3) is 5.30. The van der Waals surface area contributed by atoms with Gasteiger partial charge in [-0.2, -0.15) is 0 Å². The molecule has 0 bridgehead atoms. The van der Waals surface area contributed by atoms with Crippen LogP contribution in [-0.4, -0.2) is 57.2 Å². The van der Waals surface area contributed by atoms with Crippen molar-refractivity contribution in [2.24, 2.45) is 0 Å². The van der Waals surface area contributed by atoms with Crippen molar-refractivity contribution in [3.05, 3.63) is 58.5 Å². The lowest BCUT2D eigenvalue weighted by Gasteiger charge is -2.14. The van der Waals surface area contributed by atoms with E-state index < -0.39 is 5.97 Å². The predicted molar refractivity (Wildman–Crippen MR) is 113 cm³/mol. The molecule has 2 heterocycles. The van der Waals surface area contributed by atoms with Crippen LogP contribution in [0.25, 0.3) is 6.08 Å². The number of imidazole rings is 1. The molecule has 8 nitrogen and oxygen atoms in total. The van der Waals surface area contributed by atoms with E-state index >= 15 is 0 Å². The first-order valence-electron chi connectivity index (χ1n) is 8.65. The normalized spacial score (nSPS) is 15.1. The molecule has 10 heteroatoms. The Hall–Kier alpha value is -2.98. The third-order valence-electron chi connectivity index (χ3n) is 4.08. The highest BCUT2D eigenvalue weighted by Gasteiger charge is 2.33. The second-order valence-electron chi connectivity index (χ2n) is 6.06. The van der Waals surface area contributed by atoms with Gasteiger partial charge >= 0.3 is 5.97 Å². The largest absolute Gasteiger partial charge is 0.465 e. The number of carbonyl (C=O) groups is 3. The molecule has 0 aliphatic carbocycles. The number of aromatic nitrogens is 2. The summed E-state index contributed by atoms with van der Waals surface area (Å²) in [6.45, 7) is 0.296. The number of aromatic amines is 1. The predicted octanol–water partition coefficient (Wildman–Crippen LogP) is 1.76. The molecule has 2 amide bonds. The molecule has 2 N–H and O–H groups in total. The molecule has 1 aromatic carbocycles. The second-order valence-corrected chi connectivity index (χ2v) is 7.73. The van der Waals surface area contributed by atoms with E-state index in [4.69, 9.17) is 12.2 Å². The Morgan fingerprint density at radius 1 is 1.34 bits per heavy atom. The van der Waals surface area contributed by atoms with Gasteiger partial charge in [0.05, 0.1) is 23.9 Å². The van der Waals surface area contributed by atoms with Crippen molar-refractivity contribution in [2.45, 2.75) is 6.42 Å². The van der Waals surface area contributed by atoms with Gasteiger partial charge in [0, 0.05) is 24.9 Å².